The fourth-order valence-electron chi connectivity index (χ4n) is 4.04. The number of hydrogen-bond acceptors (Lipinski definition) is 8. The van der Waals surface area contributed by atoms with Crippen molar-refractivity contribution in [1.82, 2.24) is 5.32 Å². The first-order valence-electron chi connectivity index (χ1n) is 15.1. The summed E-state index contributed by atoms with van der Waals surface area (Å²) in [5.41, 5.74) is -1.90. The van der Waals surface area contributed by atoms with E-state index in [0.717, 1.165) is 17.7 Å². The number of carbonyl (C=O) groups excluding carboxylic acids is 1. The molecule has 1 atom stereocenters. The maximum Gasteiger partial charge on any atom is 0.474 e. The van der Waals surface area contributed by atoms with Crippen molar-refractivity contribution in [3.05, 3.63) is 58.6 Å². The van der Waals surface area contributed by atoms with Crippen molar-refractivity contribution in [2.45, 2.75) is 106 Å². The zero-order valence-corrected chi connectivity index (χ0v) is 32.3. The molecule has 266 valence electrons. The number of alkyl halides is 3. The van der Waals surface area contributed by atoms with Crippen LogP contribution in [0.3, 0.4) is 0 Å². The van der Waals surface area contributed by atoms with Gasteiger partial charge in [0.2, 0.25) is 0 Å². The summed E-state index contributed by atoms with van der Waals surface area (Å²) in [6.45, 7) is 15.5. The molecule has 0 fully saturated rings. The van der Waals surface area contributed by atoms with E-state index in [9.17, 15) is 22.5 Å². The van der Waals surface area contributed by atoms with E-state index in [1.807, 2.05) is 6.07 Å². The molecule has 2 aromatic rings. The van der Waals surface area contributed by atoms with Crippen LogP contribution in [0.4, 0.5) is 18.0 Å². The molecule has 2 rings (SSSR count). The lowest BCUT2D eigenvalue weighted by atomic mass is 9.93. The summed E-state index contributed by atoms with van der Waals surface area (Å²) in [6, 6.07) is 10.5. The lowest BCUT2D eigenvalue weighted by Crippen LogP contribution is -2.58. The van der Waals surface area contributed by atoms with E-state index in [1.54, 1.807) is 39.0 Å². The zero-order valence-electron chi connectivity index (χ0n) is 28.8. The number of ether oxygens (including phenoxy) is 1. The fraction of sp³-hybridized carbons (Fsp3) is 0.594. The first kappa shape index (κ1) is 41.6. The van der Waals surface area contributed by atoms with E-state index in [4.69, 9.17) is 34.3 Å². The highest BCUT2D eigenvalue weighted by Crippen LogP contribution is 2.48. The van der Waals surface area contributed by atoms with Gasteiger partial charge in [-0.25, -0.2) is 9.36 Å². The second-order valence-electron chi connectivity index (χ2n) is 13.8. The van der Waals surface area contributed by atoms with Crippen LogP contribution in [0.5, 0.6) is 0 Å². The maximum absolute atomic E-state index is 13.2. The summed E-state index contributed by atoms with van der Waals surface area (Å²) in [4.78, 5) is 14.3. The number of nitrogens with one attached hydrogen (secondary N) is 1. The first-order chi connectivity index (χ1) is 21.4. The van der Waals surface area contributed by atoms with Gasteiger partial charge < -0.3 is 14.5 Å². The number of benzene rings is 2. The summed E-state index contributed by atoms with van der Waals surface area (Å²) in [5, 5.41) is 3.26. The Labute approximate surface area is 287 Å². The minimum atomic E-state index is -4.43. The molecule has 0 heterocycles. The van der Waals surface area contributed by atoms with Gasteiger partial charge in [-0.2, -0.15) is 13.2 Å². The molecule has 0 radical (unpaired) electrons. The Morgan fingerprint density at radius 3 is 2.11 bits per heavy atom. The molecule has 0 bridgehead atoms. The smallest absolute Gasteiger partial charge is 0.444 e. The highest BCUT2D eigenvalue weighted by Gasteiger charge is 2.43. The third kappa shape index (κ3) is 13.3. The summed E-state index contributed by atoms with van der Waals surface area (Å²) >= 11 is 7.82. The van der Waals surface area contributed by atoms with Crippen LogP contribution >= 0.6 is 31.2 Å². The molecule has 0 aliphatic heterocycles. The molecular weight excluding hydrogens is 694 g/mol. The van der Waals surface area contributed by atoms with E-state index >= 15 is 0 Å². The quantitative estimate of drug-likeness (QED) is 0.142. The third-order valence-electron chi connectivity index (χ3n) is 7.75. The molecule has 0 aliphatic carbocycles. The van der Waals surface area contributed by atoms with Crippen LogP contribution in [-0.4, -0.2) is 53.0 Å². The molecule has 0 saturated heterocycles. The minimum absolute atomic E-state index is 0.0382. The van der Waals surface area contributed by atoms with Gasteiger partial charge in [0.15, 0.2) is 8.32 Å². The van der Waals surface area contributed by atoms with Gasteiger partial charge >= 0.3 is 20.1 Å². The van der Waals surface area contributed by atoms with E-state index in [1.165, 1.54) is 32.0 Å². The van der Waals surface area contributed by atoms with E-state index < -0.39 is 45.1 Å². The number of aryl methyl sites for hydroxylation is 1. The van der Waals surface area contributed by atoms with Crippen LogP contribution in [0.2, 0.25) is 23.2 Å². The lowest BCUT2D eigenvalue weighted by molar-refractivity contribution is -0.137. The number of phosphoric ester groups is 1. The number of halogens is 4. The molecule has 0 aromatic heterocycles. The van der Waals surface area contributed by atoms with Gasteiger partial charge in [0.25, 0.3) is 0 Å². The number of phosphoric acid groups is 1. The van der Waals surface area contributed by atoms with Crippen LogP contribution in [0.1, 0.15) is 65.5 Å². The van der Waals surface area contributed by atoms with Crippen molar-refractivity contribution in [2.75, 3.05) is 27.4 Å². The Balaban J connectivity index is 2.35. The third-order valence-corrected chi connectivity index (χ3v) is 14.9. The summed E-state index contributed by atoms with van der Waals surface area (Å²) in [7, 11) is -3.85. The van der Waals surface area contributed by atoms with E-state index in [-0.39, 0.29) is 18.3 Å². The van der Waals surface area contributed by atoms with Crippen LogP contribution in [-0.2, 0) is 39.9 Å². The summed E-state index contributed by atoms with van der Waals surface area (Å²) < 4.78 is 80.3. The van der Waals surface area contributed by atoms with Crippen LogP contribution in [0.25, 0.3) is 0 Å². The molecule has 2 aromatic carbocycles. The average molecular weight is 742 g/mol. The van der Waals surface area contributed by atoms with E-state index in [2.05, 4.69) is 39.2 Å². The molecule has 1 unspecified atom stereocenters. The van der Waals surface area contributed by atoms with Gasteiger partial charge in [-0.05, 0) is 94.1 Å². The van der Waals surface area contributed by atoms with Gasteiger partial charge in [-0.1, -0.05) is 56.3 Å². The largest absolute Gasteiger partial charge is 0.474 e. The Hall–Kier alpha value is -1.57. The number of rotatable bonds is 15. The molecule has 1 amide bonds. The fourth-order valence-corrected chi connectivity index (χ4v) is 7.13. The SMILES string of the molecule is COP(=O)(OC)OCC(CCCc1ccc(Sc2cccc(C(F)(F)F)c2)cc1Cl)(CO[Si](C)(C)C(C)(C)C)NC(=O)OC(C)(C)C. The van der Waals surface area contributed by atoms with Gasteiger partial charge in [0, 0.05) is 29.0 Å². The number of carbonyl (C=O) groups is 1. The summed E-state index contributed by atoms with van der Waals surface area (Å²) in [6.07, 6.45) is -3.85. The van der Waals surface area contributed by atoms with Gasteiger partial charge in [-0.3, -0.25) is 13.6 Å². The van der Waals surface area contributed by atoms with Crippen molar-refractivity contribution in [2.24, 2.45) is 0 Å². The van der Waals surface area contributed by atoms with Crippen molar-refractivity contribution in [3.8, 4) is 0 Å². The molecule has 0 spiro atoms. The van der Waals surface area contributed by atoms with Gasteiger partial charge in [-0.15, -0.1) is 0 Å². The average Bonchev–Trinajstić information content (AvgIpc) is 2.94. The highest BCUT2D eigenvalue weighted by molar-refractivity contribution is 7.99. The predicted molar refractivity (Wildman–Crippen MR) is 183 cm³/mol. The highest BCUT2D eigenvalue weighted by atomic mass is 35.5. The van der Waals surface area contributed by atoms with Crippen LogP contribution in [0.15, 0.2) is 52.3 Å². The Morgan fingerprint density at radius 1 is 0.957 bits per heavy atom. The topological polar surface area (TPSA) is 92.3 Å². The lowest BCUT2D eigenvalue weighted by Gasteiger charge is -2.42. The second kappa shape index (κ2) is 16.4. The number of alkyl carbamates (subject to hydrolysis) is 1. The minimum Gasteiger partial charge on any atom is -0.444 e. The maximum atomic E-state index is 13.2. The molecule has 15 heteroatoms. The van der Waals surface area contributed by atoms with Crippen molar-refractivity contribution in [3.63, 3.8) is 0 Å². The second-order valence-corrected chi connectivity index (χ2v) is 22.0. The monoisotopic (exact) mass is 741 g/mol. The summed E-state index contributed by atoms with van der Waals surface area (Å²) in [5.74, 6) is 0. The molecule has 8 nitrogen and oxygen atoms in total. The van der Waals surface area contributed by atoms with Gasteiger partial charge in [0.1, 0.15) is 5.60 Å². The molecule has 0 aliphatic rings. The predicted octanol–water partition coefficient (Wildman–Crippen LogP) is 10.5. The van der Waals surface area contributed by atoms with Crippen LogP contribution < -0.4 is 5.32 Å². The zero-order chi connectivity index (χ0) is 35.9. The normalized spacial score (nSPS) is 14.5. The molecule has 0 saturated carbocycles. The Kier molecular flexibility index (Phi) is 14.5. The van der Waals surface area contributed by atoms with Crippen LogP contribution in [0, 0.1) is 0 Å². The van der Waals surface area contributed by atoms with Crippen molar-refractivity contribution in [1.29, 1.82) is 0 Å². The Bertz CT molecular complexity index is 1390. The number of hydrogen-bond donors (Lipinski definition) is 1. The van der Waals surface area contributed by atoms with Crippen molar-refractivity contribution < 1.29 is 45.3 Å². The first-order valence-corrected chi connectivity index (χ1v) is 20.6. The number of amides is 1. The van der Waals surface area contributed by atoms with E-state index in [0.29, 0.717) is 34.1 Å². The molecule has 1 N–H and O–H groups in total. The standard InChI is InChI=1S/C32H48ClF3NO7PSSi/c1-29(2,3)44-28(38)37-31(21-42-45(39,40-7)41-8,22-43-47(9,10)30(4,5)6)18-12-13-23-16-17-26(20-27(23)33)46-25-15-11-14-24(19-25)32(34,35)36/h11,14-17,19-20H,12-13,18,21-22H2,1-10H3,(H,37,38). The van der Waals surface area contributed by atoms with Gasteiger partial charge in [0.05, 0.1) is 24.3 Å². The van der Waals surface area contributed by atoms with Crippen molar-refractivity contribution >= 4 is 45.6 Å². The molecular formula is C32H48ClF3NO7PSSi. The Morgan fingerprint density at radius 2 is 1.57 bits per heavy atom. The molecule has 47 heavy (non-hydrogen) atoms.